The van der Waals surface area contributed by atoms with Gasteiger partial charge in [0.15, 0.2) is 0 Å². The predicted octanol–water partition coefficient (Wildman–Crippen LogP) is 5.11. The summed E-state index contributed by atoms with van der Waals surface area (Å²) in [6, 6.07) is 15.3. The van der Waals surface area contributed by atoms with Crippen LogP contribution >= 0.6 is 0 Å². The normalized spacial score (nSPS) is 16.3. The van der Waals surface area contributed by atoms with E-state index < -0.39 is 6.09 Å². The molecule has 1 aliphatic rings. The zero-order valence-corrected chi connectivity index (χ0v) is 19.9. The van der Waals surface area contributed by atoms with E-state index in [-0.39, 0.29) is 29.8 Å². The number of rotatable bonds is 4. The maximum atomic E-state index is 12.3. The number of carbonyl (C=O) groups excluding carboxylic acids is 3. The molecule has 1 atom stereocenters. The molecule has 7 nitrogen and oxygen atoms in total. The van der Waals surface area contributed by atoms with Crippen molar-refractivity contribution < 1.29 is 19.1 Å². The Balaban J connectivity index is 1.41. The first-order valence-electron chi connectivity index (χ1n) is 11.4. The molecule has 1 aromatic heterocycles. The van der Waals surface area contributed by atoms with Crippen LogP contribution in [-0.2, 0) is 26.3 Å². The van der Waals surface area contributed by atoms with Gasteiger partial charge in [-0.3, -0.25) is 25.2 Å². The number of nitrogens with one attached hydrogen (secondary N) is 2. The van der Waals surface area contributed by atoms with Crippen LogP contribution in [0.2, 0.25) is 0 Å². The van der Waals surface area contributed by atoms with Crippen LogP contribution in [-0.4, -0.2) is 22.9 Å². The number of amides is 3. The van der Waals surface area contributed by atoms with Crippen LogP contribution < -0.4 is 10.6 Å². The van der Waals surface area contributed by atoms with E-state index in [9.17, 15) is 14.4 Å². The summed E-state index contributed by atoms with van der Waals surface area (Å²) in [4.78, 5) is 40.6. The number of ether oxygens (including phenoxy) is 1. The second kappa shape index (κ2) is 9.25. The van der Waals surface area contributed by atoms with Crippen molar-refractivity contribution in [2.75, 3.05) is 5.32 Å². The average molecular weight is 460 g/mol. The van der Waals surface area contributed by atoms with Gasteiger partial charge in [-0.2, -0.15) is 0 Å². The molecule has 34 heavy (non-hydrogen) atoms. The standard InChI is InChI=1S/C27H29N3O4/c1-16-22(21-11-12-24(31)30-25(21)32)14-18-6-5-17(13-23(18)28-16)15-34-26(33)29-20-9-7-19(8-10-20)27(2,3)4/h5-10,13-14,21H,11-12,15H2,1-4H3,(H,29,33)(H,30,31,32). The Morgan fingerprint density at radius 3 is 2.53 bits per heavy atom. The van der Waals surface area contributed by atoms with E-state index in [4.69, 9.17) is 4.74 Å². The number of imide groups is 1. The van der Waals surface area contributed by atoms with Gasteiger partial charge >= 0.3 is 6.09 Å². The first-order chi connectivity index (χ1) is 16.1. The summed E-state index contributed by atoms with van der Waals surface area (Å²) in [7, 11) is 0. The molecule has 3 aromatic rings. The van der Waals surface area contributed by atoms with E-state index in [1.165, 1.54) is 5.56 Å². The second-order valence-electron chi connectivity index (χ2n) is 9.72. The largest absolute Gasteiger partial charge is 0.444 e. The van der Waals surface area contributed by atoms with Gasteiger partial charge in [-0.15, -0.1) is 0 Å². The SMILES string of the molecule is Cc1nc2cc(COC(=O)Nc3ccc(C(C)(C)C)cc3)ccc2cc1C1CCC(=O)NC1=O. The van der Waals surface area contributed by atoms with Gasteiger partial charge in [-0.1, -0.05) is 45.0 Å². The van der Waals surface area contributed by atoms with Crippen molar-refractivity contribution in [3.8, 4) is 0 Å². The number of fused-ring (bicyclic) bond motifs is 1. The van der Waals surface area contributed by atoms with Crippen molar-refractivity contribution in [1.82, 2.24) is 10.3 Å². The first kappa shape index (κ1) is 23.4. The molecule has 0 radical (unpaired) electrons. The minimum Gasteiger partial charge on any atom is -0.444 e. The second-order valence-corrected chi connectivity index (χ2v) is 9.72. The van der Waals surface area contributed by atoms with E-state index in [0.717, 1.165) is 27.7 Å². The fourth-order valence-electron chi connectivity index (χ4n) is 4.11. The van der Waals surface area contributed by atoms with E-state index in [2.05, 4.69) is 36.4 Å². The number of aryl methyl sites for hydroxylation is 1. The highest BCUT2D eigenvalue weighted by Gasteiger charge is 2.29. The van der Waals surface area contributed by atoms with Crippen molar-refractivity contribution in [1.29, 1.82) is 0 Å². The highest BCUT2D eigenvalue weighted by atomic mass is 16.5. The molecule has 0 spiro atoms. The Morgan fingerprint density at radius 2 is 1.85 bits per heavy atom. The number of nitrogens with zero attached hydrogens (tertiary/aromatic N) is 1. The Morgan fingerprint density at radius 1 is 1.12 bits per heavy atom. The number of carbonyl (C=O) groups is 3. The summed E-state index contributed by atoms with van der Waals surface area (Å²) in [6.45, 7) is 8.38. The van der Waals surface area contributed by atoms with Gasteiger partial charge in [0.2, 0.25) is 11.8 Å². The van der Waals surface area contributed by atoms with E-state index in [1.54, 1.807) is 0 Å². The third kappa shape index (κ3) is 5.25. The first-order valence-corrected chi connectivity index (χ1v) is 11.4. The Kier molecular flexibility index (Phi) is 6.37. The van der Waals surface area contributed by atoms with Crippen molar-refractivity contribution in [3.05, 3.63) is 70.9 Å². The minimum atomic E-state index is -0.527. The molecule has 0 aliphatic carbocycles. The minimum absolute atomic E-state index is 0.0458. The number of benzene rings is 2. The lowest BCUT2D eigenvalue weighted by molar-refractivity contribution is -0.134. The number of hydrogen-bond acceptors (Lipinski definition) is 5. The molecule has 2 N–H and O–H groups in total. The zero-order chi connectivity index (χ0) is 24.5. The van der Waals surface area contributed by atoms with Crippen molar-refractivity contribution in [3.63, 3.8) is 0 Å². The Bertz CT molecular complexity index is 1260. The number of anilines is 1. The van der Waals surface area contributed by atoms with Crippen LogP contribution in [0.3, 0.4) is 0 Å². The van der Waals surface area contributed by atoms with Gasteiger partial charge in [0.05, 0.1) is 11.4 Å². The smallest absolute Gasteiger partial charge is 0.411 e. The van der Waals surface area contributed by atoms with Crippen LogP contribution in [0.4, 0.5) is 10.5 Å². The number of pyridine rings is 1. The molecule has 2 heterocycles. The van der Waals surface area contributed by atoms with E-state index >= 15 is 0 Å². The topological polar surface area (TPSA) is 97.4 Å². The van der Waals surface area contributed by atoms with Gasteiger partial charge in [-0.25, -0.2) is 4.79 Å². The molecular weight excluding hydrogens is 430 g/mol. The number of aromatic nitrogens is 1. The van der Waals surface area contributed by atoms with Crippen LogP contribution in [0.5, 0.6) is 0 Å². The monoisotopic (exact) mass is 459 g/mol. The molecule has 2 aromatic carbocycles. The molecule has 4 rings (SSSR count). The van der Waals surface area contributed by atoms with Crippen molar-refractivity contribution >= 4 is 34.5 Å². The fourth-order valence-corrected chi connectivity index (χ4v) is 4.11. The summed E-state index contributed by atoms with van der Waals surface area (Å²) in [5.74, 6) is -0.883. The van der Waals surface area contributed by atoms with Crippen LogP contribution in [0.25, 0.3) is 10.9 Å². The number of hydrogen-bond donors (Lipinski definition) is 2. The lowest BCUT2D eigenvalue weighted by atomic mass is 9.87. The average Bonchev–Trinajstić information content (AvgIpc) is 2.77. The fraction of sp³-hybridized carbons (Fsp3) is 0.333. The predicted molar refractivity (Wildman–Crippen MR) is 131 cm³/mol. The van der Waals surface area contributed by atoms with Gasteiger partial charge in [-0.05, 0) is 59.7 Å². The Hall–Kier alpha value is -3.74. The molecule has 0 saturated carbocycles. The molecule has 7 heteroatoms. The lowest BCUT2D eigenvalue weighted by Crippen LogP contribution is -2.39. The van der Waals surface area contributed by atoms with Crippen molar-refractivity contribution in [2.45, 2.75) is 58.5 Å². The molecule has 176 valence electrons. The van der Waals surface area contributed by atoms with Crippen LogP contribution in [0, 0.1) is 6.92 Å². The molecule has 1 saturated heterocycles. The van der Waals surface area contributed by atoms with Gasteiger partial charge < -0.3 is 4.74 Å². The van der Waals surface area contributed by atoms with E-state index in [0.29, 0.717) is 18.5 Å². The van der Waals surface area contributed by atoms with Crippen LogP contribution in [0.15, 0.2) is 48.5 Å². The summed E-state index contributed by atoms with van der Waals surface area (Å²) in [5, 5.41) is 6.04. The molecule has 3 amide bonds. The highest BCUT2D eigenvalue weighted by Crippen LogP contribution is 2.29. The van der Waals surface area contributed by atoms with E-state index in [1.807, 2.05) is 55.5 Å². The molecular formula is C27H29N3O4. The maximum absolute atomic E-state index is 12.3. The quantitative estimate of drug-likeness (QED) is 0.529. The molecule has 1 aliphatic heterocycles. The summed E-state index contributed by atoms with van der Waals surface area (Å²) >= 11 is 0. The third-order valence-electron chi connectivity index (χ3n) is 6.09. The van der Waals surface area contributed by atoms with Gasteiger partial charge in [0, 0.05) is 23.2 Å². The summed E-state index contributed by atoms with van der Waals surface area (Å²) in [5.41, 5.74) is 5.06. The maximum Gasteiger partial charge on any atom is 0.411 e. The van der Waals surface area contributed by atoms with Crippen molar-refractivity contribution in [2.24, 2.45) is 0 Å². The van der Waals surface area contributed by atoms with Crippen LogP contribution in [0.1, 0.15) is 61.9 Å². The summed E-state index contributed by atoms with van der Waals surface area (Å²) in [6.07, 6.45) is 0.284. The Labute approximate surface area is 198 Å². The highest BCUT2D eigenvalue weighted by molar-refractivity contribution is 6.01. The lowest BCUT2D eigenvalue weighted by Gasteiger charge is -2.22. The molecule has 0 bridgehead atoms. The molecule has 1 unspecified atom stereocenters. The number of piperidine rings is 1. The summed E-state index contributed by atoms with van der Waals surface area (Å²) < 4.78 is 5.39. The molecule has 1 fully saturated rings. The van der Waals surface area contributed by atoms with Gasteiger partial charge in [0.1, 0.15) is 6.61 Å². The third-order valence-corrected chi connectivity index (χ3v) is 6.09. The van der Waals surface area contributed by atoms with Gasteiger partial charge in [0.25, 0.3) is 0 Å². The zero-order valence-electron chi connectivity index (χ0n) is 19.9.